The molecule has 4 aromatic rings. The minimum absolute atomic E-state index is 0.00840. The van der Waals surface area contributed by atoms with Gasteiger partial charge in [0.2, 0.25) is 0 Å². The fraction of sp³-hybridized carbons (Fsp3) is 0.182. The normalized spacial score (nSPS) is 16.7. The Morgan fingerprint density at radius 3 is 2.48 bits per heavy atom. The van der Waals surface area contributed by atoms with Crippen LogP contribution in [0.5, 0.6) is 0 Å². The largest absolute Gasteiger partial charge is 0.433 e. The van der Waals surface area contributed by atoms with Crippen LogP contribution in [0.3, 0.4) is 0 Å². The van der Waals surface area contributed by atoms with Gasteiger partial charge in [0.1, 0.15) is 18.1 Å². The third-order valence-electron chi connectivity index (χ3n) is 5.15. The Morgan fingerprint density at radius 1 is 0.966 bits per heavy atom. The summed E-state index contributed by atoms with van der Waals surface area (Å²) in [6, 6.07) is 18.2. The standard InChI is InChI=1S/C22H16F3N3O/c23-22(24,25)20-9-7-16(11-26-20)15-6-8-17-18(10-15)28-19(12-29-13-21(28)27-17)14-4-2-1-3-5-14/h1-11,19H,12-13H2. The molecule has 0 N–H and O–H groups in total. The number of rotatable bonds is 2. The Balaban J connectivity index is 1.61. The minimum Gasteiger partial charge on any atom is -0.371 e. The van der Waals surface area contributed by atoms with E-state index in [-0.39, 0.29) is 6.04 Å². The molecule has 146 valence electrons. The molecular weight excluding hydrogens is 379 g/mol. The van der Waals surface area contributed by atoms with Crippen molar-refractivity contribution in [2.45, 2.75) is 18.8 Å². The number of nitrogens with zero attached hydrogens (tertiary/aromatic N) is 3. The SMILES string of the molecule is FC(F)(F)c1ccc(-c2ccc3nc4n(c3c2)C(c2ccccc2)COC4)cn1. The number of pyridine rings is 1. The average Bonchev–Trinajstić information content (AvgIpc) is 3.12. The van der Waals surface area contributed by atoms with Crippen molar-refractivity contribution in [3.8, 4) is 11.1 Å². The third-order valence-corrected chi connectivity index (χ3v) is 5.15. The van der Waals surface area contributed by atoms with E-state index < -0.39 is 11.9 Å². The quantitative estimate of drug-likeness (QED) is 0.466. The van der Waals surface area contributed by atoms with Crippen LogP contribution >= 0.6 is 0 Å². The summed E-state index contributed by atoms with van der Waals surface area (Å²) in [6.45, 7) is 0.962. The molecule has 0 fully saturated rings. The molecule has 3 heterocycles. The minimum atomic E-state index is -4.45. The number of alkyl halides is 3. The summed E-state index contributed by atoms with van der Waals surface area (Å²) in [5.74, 6) is 0.836. The molecule has 1 aliphatic rings. The van der Waals surface area contributed by atoms with Crippen molar-refractivity contribution in [3.63, 3.8) is 0 Å². The van der Waals surface area contributed by atoms with Crippen LogP contribution in [0.4, 0.5) is 13.2 Å². The predicted octanol–water partition coefficient (Wildman–Crippen LogP) is 5.24. The van der Waals surface area contributed by atoms with Gasteiger partial charge in [-0.1, -0.05) is 42.5 Å². The van der Waals surface area contributed by atoms with Crippen LogP contribution in [0.15, 0.2) is 66.9 Å². The first kappa shape index (κ1) is 17.9. The lowest BCUT2D eigenvalue weighted by Crippen LogP contribution is -2.24. The van der Waals surface area contributed by atoms with E-state index >= 15 is 0 Å². The summed E-state index contributed by atoms with van der Waals surface area (Å²) >= 11 is 0. The van der Waals surface area contributed by atoms with E-state index in [1.807, 2.05) is 36.4 Å². The number of benzene rings is 2. The van der Waals surface area contributed by atoms with E-state index in [1.54, 1.807) is 0 Å². The zero-order valence-electron chi connectivity index (χ0n) is 15.2. The van der Waals surface area contributed by atoms with E-state index in [0.29, 0.717) is 18.8 Å². The molecule has 0 saturated carbocycles. The molecule has 2 aromatic carbocycles. The number of ether oxygens (including phenoxy) is 1. The second kappa shape index (κ2) is 6.70. The van der Waals surface area contributed by atoms with Crippen LogP contribution in [-0.4, -0.2) is 21.1 Å². The molecule has 4 nitrogen and oxygen atoms in total. The predicted molar refractivity (Wildman–Crippen MR) is 102 cm³/mol. The average molecular weight is 395 g/mol. The van der Waals surface area contributed by atoms with E-state index in [0.717, 1.165) is 34.1 Å². The van der Waals surface area contributed by atoms with Crippen LogP contribution in [0.25, 0.3) is 22.2 Å². The van der Waals surface area contributed by atoms with Gasteiger partial charge < -0.3 is 9.30 Å². The van der Waals surface area contributed by atoms with E-state index in [1.165, 1.54) is 12.3 Å². The molecule has 0 bridgehead atoms. The van der Waals surface area contributed by atoms with Crippen molar-refractivity contribution in [1.29, 1.82) is 0 Å². The van der Waals surface area contributed by atoms with Crippen molar-refractivity contribution in [3.05, 3.63) is 83.9 Å². The summed E-state index contributed by atoms with van der Waals surface area (Å²) in [4.78, 5) is 8.26. The van der Waals surface area contributed by atoms with Crippen LogP contribution < -0.4 is 0 Å². The van der Waals surface area contributed by atoms with Gasteiger partial charge in [0.15, 0.2) is 0 Å². The van der Waals surface area contributed by atoms with Gasteiger partial charge in [0.05, 0.1) is 23.7 Å². The van der Waals surface area contributed by atoms with Crippen LogP contribution in [0.2, 0.25) is 0 Å². The molecule has 0 radical (unpaired) electrons. The number of halogens is 3. The lowest BCUT2D eigenvalue weighted by Gasteiger charge is -2.26. The first-order valence-corrected chi connectivity index (χ1v) is 9.18. The summed E-state index contributed by atoms with van der Waals surface area (Å²) in [5, 5.41) is 0. The molecule has 1 atom stereocenters. The zero-order valence-corrected chi connectivity index (χ0v) is 15.2. The number of imidazole rings is 1. The maximum absolute atomic E-state index is 12.8. The molecule has 5 rings (SSSR count). The highest BCUT2D eigenvalue weighted by molar-refractivity contribution is 5.83. The number of aromatic nitrogens is 3. The monoisotopic (exact) mass is 395 g/mol. The Labute approximate surface area is 164 Å². The van der Waals surface area contributed by atoms with Crippen molar-refractivity contribution in [2.24, 2.45) is 0 Å². The van der Waals surface area contributed by atoms with Crippen LogP contribution in [0, 0.1) is 0 Å². The zero-order chi connectivity index (χ0) is 20.0. The lowest BCUT2D eigenvalue weighted by molar-refractivity contribution is -0.141. The Morgan fingerprint density at radius 2 is 1.76 bits per heavy atom. The fourth-order valence-electron chi connectivity index (χ4n) is 3.76. The second-order valence-electron chi connectivity index (χ2n) is 6.97. The first-order chi connectivity index (χ1) is 14.0. The molecule has 0 aliphatic carbocycles. The number of hydrogen-bond acceptors (Lipinski definition) is 3. The molecular formula is C22H16F3N3O. The maximum atomic E-state index is 12.8. The topological polar surface area (TPSA) is 39.9 Å². The van der Waals surface area contributed by atoms with Crippen LogP contribution in [0.1, 0.15) is 23.1 Å². The molecule has 0 amide bonds. The highest BCUT2D eigenvalue weighted by atomic mass is 19.4. The summed E-state index contributed by atoms with van der Waals surface area (Å²) in [5.41, 5.74) is 3.39. The lowest BCUT2D eigenvalue weighted by atomic mass is 10.0. The highest BCUT2D eigenvalue weighted by Crippen LogP contribution is 2.33. The maximum Gasteiger partial charge on any atom is 0.433 e. The van der Waals surface area contributed by atoms with Crippen molar-refractivity contribution < 1.29 is 17.9 Å². The first-order valence-electron chi connectivity index (χ1n) is 9.18. The molecule has 29 heavy (non-hydrogen) atoms. The van der Waals surface area contributed by atoms with Gasteiger partial charge in [0, 0.05) is 11.8 Å². The number of fused-ring (bicyclic) bond motifs is 3. The van der Waals surface area contributed by atoms with Crippen molar-refractivity contribution in [2.75, 3.05) is 6.61 Å². The molecule has 0 saturated heterocycles. The molecule has 1 unspecified atom stereocenters. The molecule has 7 heteroatoms. The smallest absolute Gasteiger partial charge is 0.371 e. The van der Waals surface area contributed by atoms with E-state index in [4.69, 9.17) is 4.74 Å². The van der Waals surface area contributed by atoms with E-state index in [9.17, 15) is 13.2 Å². The van der Waals surface area contributed by atoms with Gasteiger partial charge >= 0.3 is 6.18 Å². The fourth-order valence-corrected chi connectivity index (χ4v) is 3.76. The van der Waals surface area contributed by atoms with Gasteiger partial charge in [-0.15, -0.1) is 0 Å². The van der Waals surface area contributed by atoms with Gasteiger partial charge in [0.25, 0.3) is 0 Å². The summed E-state index contributed by atoms with van der Waals surface area (Å²) in [6.07, 6.45) is -3.19. The molecule has 0 spiro atoms. The molecule has 2 aromatic heterocycles. The molecule has 1 aliphatic heterocycles. The van der Waals surface area contributed by atoms with Crippen LogP contribution in [-0.2, 0) is 17.5 Å². The van der Waals surface area contributed by atoms with Gasteiger partial charge in [-0.05, 0) is 29.3 Å². The summed E-state index contributed by atoms with van der Waals surface area (Å²) < 4.78 is 46.3. The van der Waals surface area contributed by atoms with E-state index in [2.05, 4.69) is 26.7 Å². The summed E-state index contributed by atoms with van der Waals surface area (Å²) in [7, 11) is 0. The van der Waals surface area contributed by atoms with Gasteiger partial charge in [-0.3, -0.25) is 4.98 Å². The van der Waals surface area contributed by atoms with Gasteiger partial charge in [-0.2, -0.15) is 13.2 Å². The van der Waals surface area contributed by atoms with Crippen molar-refractivity contribution >= 4 is 11.0 Å². The third kappa shape index (κ3) is 3.17. The van der Waals surface area contributed by atoms with Gasteiger partial charge in [-0.25, -0.2) is 4.98 Å². The Hall–Kier alpha value is -3.19. The second-order valence-corrected chi connectivity index (χ2v) is 6.97. The highest BCUT2D eigenvalue weighted by Gasteiger charge is 2.32. The Bertz CT molecular complexity index is 1170. The van der Waals surface area contributed by atoms with Crippen molar-refractivity contribution in [1.82, 2.24) is 14.5 Å². The number of hydrogen-bond donors (Lipinski definition) is 0. The Kier molecular flexibility index (Phi) is 4.13.